The van der Waals surface area contributed by atoms with Crippen molar-refractivity contribution in [2.75, 3.05) is 12.4 Å². The molecule has 0 aromatic heterocycles. The average Bonchev–Trinajstić information content (AvgIpc) is 2.29. The minimum Gasteiger partial charge on any atom is -0.465 e. The second-order valence-electron chi connectivity index (χ2n) is 4.14. The van der Waals surface area contributed by atoms with E-state index in [-0.39, 0.29) is 17.6 Å². The summed E-state index contributed by atoms with van der Waals surface area (Å²) in [5, 5.41) is 0.197. The molecule has 6 heteroatoms. The lowest BCUT2D eigenvalue weighted by Crippen LogP contribution is -2.13. The standard InChI is InChI=1S/C12H21F3O2S/c1-3-11(16)17-9-10(2)18-8-6-4-5-7-12(13,14)15/h10H,3-9H2,1-2H3. The van der Waals surface area contributed by atoms with Crippen LogP contribution in [-0.4, -0.2) is 29.8 Å². The van der Waals surface area contributed by atoms with E-state index in [1.807, 2.05) is 6.92 Å². The summed E-state index contributed by atoms with van der Waals surface area (Å²) in [6.07, 6.45) is -2.80. The number of carbonyl (C=O) groups excluding carboxylic acids is 1. The van der Waals surface area contributed by atoms with Crippen LogP contribution < -0.4 is 0 Å². The van der Waals surface area contributed by atoms with Gasteiger partial charge in [-0.2, -0.15) is 24.9 Å². The van der Waals surface area contributed by atoms with Crippen LogP contribution in [-0.2, 0) is 9.53 Å². The van der Waals surface area contributed by atoms with Gasteiger partial charge in [0.2, 0.25) is 0 Å². The molecule has 108 valence electrons. The Morgan fingerprint density at radius 2 is 1.94 bits per heavy atom. The van der Waals surface area contributed by atoms with Gasteiger partial charge in [-0.05, 0) is 25.5 Å². The van der Waals surface area contributed by atoms with Gasteiger partial charge in [0.15, 0.2) is 0 Å². The first-order valence-electron chi connectivity index (χ1n) is 6.19. The highest BCUT2D eigenvalue weighted by atomic mass is 32.2. The summed E-state index contributed by atoms with van der Waals surface area (Å²) in [4.78, 5) is 10.9. The van der Waals surface area contributed by atoms with Gasteiger partial charge in [-0.25, -0.2) is 0 Å². The largest absolute Gasteiger partial charge is 0.465 e. The third kappa shape index (κ3) is 12.1. The predicted molar refractivity (Wildman–Crippen MR) is 67.7 cm³/mol. The summed E-state index contributed by atoms with van der Waals surface area (Å²) in [7, 11) is 0. The number of thioether (sulfide) groups is 1. The molecule has 1 unspecified atom stereocenters. The van der Waals surface area contributed by atoms with Crippen molar-refractivity contribution in [1.29, 1.82) is 0 Å². The molecule has 2 nitrogen and oxygen atoms in total. The maximum absolute atomic E-state index is 11.8. The van der Waals surface area contributed by atoms with E-state index in [1.165, 1.54) is 0 Å². The second kappa shape index (κ2) is 9.53. The Hall–Kier alpha value is -0.390. The first-order chi connectivity index (χ1) is 8.35. The molecule has 0 bridgehead atoms. The van der Waals surface area contributed by atoms with Gasteiger partial charge in [-0.3, -0.25) is 4.79 Å². The molecular formula is C12H21F3O2S. The number of esters is 1. The second-order valence-corrected chi connectivity index (χ2v) is 5.69. The van der Waals surface area contributed by atoms with E-state index in [2.05, 4.69) is 0 Å². The van der Waals surface area contributed by atoms with E-state index >= 15 is 0 Å². The number of alkyl halides is 3. The van der Waals surface area contributed by atoms with Crippen molar-refractivity contribution in [3.8, 4) is 0 Å². The van der Waals surface area contributed by atoms with Gasteiger partial charge < -0.3 is 4.74 Å². The molecule has 0 N–H and O–H groups in total. The van der Waals surface area contributed by atoms with Gasteiger partial charge in [0.1, 0.15) is 6.61 Å². The minimum atomic E-state index is -4.03. The molecule has 0 fully saturated rings. The van der Waals surface area contributed by atoms with Gasteiger partial charge >= 0.3 is 12.1 Å². The van der Waals surface area contributed by atoms with Crippen molar-refractivity contribution in [3.05, 3.63) is 0 Å². The molecule has 18 heavy (non-hydrogen) atoms. The Morgan fingerprint density at radius 3 is 2.50 bits per heavy atom. The van der Waals surface area contributed by atoms with E-state index in [0.29, 0.717) is 19.4 Å². The molecule has 0 radical (unpaired) electrons. The number of ether oxygens (including phenoxy) is 1. The van der Waals surface area contributed by atoms with E-state index in [0.717, 1.165) is 12.2 Å². The molecule has 0 spiro atoms. The fourth-order valence-corrected chi connectivity index (χ4v) is 2.19. The zero-order valence-electron chi connectivity index (χ0n) is 10.9. The summed E-state index contributed by atoms with van der Waals surface area (Å²) < 4.78 is 40.5. The van der Waals surface area contributed by atoms with E-state index in [1.54, 1.807) is 18.7 Å². The minimum absolute atomic E-state index is 0.197. The van der Waals surface area contributed by atoms with Crippen molar-refractivity contribution in [3.63, 3.8) is 0 Å². The van der Waals surface area contributed by atoms with Crippen LogP contribution in [0.25, 0.3) is 0 Å². The number of carbonyl (C=O) groups is 1. The van der Waals surface area contributed by atoms with Gasteiger partial charge in [-0.1, -0.05) is 13.3 Å². The lowest BCUT2D eigenvalue weighted by Gasteiger charge is -2.11. The van der Waals surface area contributed by atoms with Crippen LogP contribution in [0.5, 0.6) is 0 Å². The summed E-state index contributed by atoms with van der Waals surface area (Å²) in [5.74, 6) is 0.593. The molecule has 0 heterocycles. The van der Waals surface area contributed by atoms with Crippen LogP contribution in [0.3, 0.4) is 0 Å². The molecule has 1 atom stereocenters. The Labute approximate surface area is 111 Å². The Bertz CT molecular complexity index is 232. The molecule has 0 rings (SSSR count). The zero-order valence-corrected chi connectivity index (χ0v) is 11.7. The molecule has 0 aliphatic carbocycles. The summed E-state index contributed by atoms with van der Waals surface area (Å²) in [6.45, 7) is 4.06. The summed E-state index contributed by atoms with van der Waals surface area (Å²) in [5.41, 5.74) is 0. The molecule has 0 aliphatic heterocycles. The quantitative estimate of drug-likeness (QED) is 0.470. The van der Waals surface area contributed by atoms with Crippen molar-refractivity contribution in [1.82, 2.24) is 0 Å². The lowest BCUT2D eigenvalue weighted by atomic mass is 10.2. The van der Waals surface area contributed by atoms with Gasteiger partial charge in [0.05, 0.1) is 0 Å². The maximum Gasteiger partial charge on any atom is 0.389 e. The van der Waals surface area contributed by atoms with Gasteiger partial charge in [0, 0.05) is 18.1 Å². The fourth-order valence-electron chi connectivity index (χ4n) is 1.25. The number of rotatable bonds is 9. The van der Waals surface area contributed by atoms with E-state index < -0.39 is 12.6 Å². The first kappa shape index (κ1) is 17.6. The molecule has 0 aromatic rings. The van der Waals surface area contributed by atoms with Crippen LogP contribution >= 0.6 is 11.8 Å². The normalized spacial score (nSPS) is 13.4. The monoisotopic (exact) mass is 286 g/mol. The van der Waals surface area contributed by atoms with E-state index in [4.69, 9.17) is 4.74 Å². The SMILES string of the molecule is CCC(=O)OCC(C)SCCCCCC(F)(F)F. The Balaban J connectivity index is 3.35. The highest BCUT2D eigenvalue weighted by Gasteiger charge is 2.25. The van der Waals surface area contributed by atoms with Crippen molar-refractivity contribution >= 4 is 17.7 Å². The van der Waals surface area contributed by atoms with Crippen LogP contribution in [0.4, 0.5) is 13.2 Å². The van der Waals surface area contributed by atoms with Crippen LogP contribution in [0, 0.1) is 0 Å². The highest BCUT2D eigenvalue weighted by molar-refractivity contribution is 7.99. The molecule has 0 amide bonds. The average molecular weight is 286 g/mol. The van der Waals surface area contributed by atoms with Crippen LogP contribution in [0.1, 0.15) is 46.0 Å². The topological polar surface area (TPSA) is 26.3 Å². The molecule has 0 saturated carbocycles. The number of hydrogen-bond donors (Lipinski definition) is 0. The summed E-state index contributed by atoms with van der Waals surface area (Å²) >= 11 is 1.63. The third-order valence-electron chi connectivity index (χ3n) is 2.27. The van der Waals surface area contributed by atoms with Gasteiger partial charge in [-0.15, -0.1) is 0 Å². The zero-order chi connectivity index (χ0) is 14.0. The number of hydrogen-bond acceptors (Lipinski definition) is 3. The molecular weight excluding hydrogens is 265 g/mol. The van der Waals surface area contributed by atoms with Crippen molar-refractivity contribution in [2.45, 2.75) is 57.4 Å². The third-order valence-corrected chi connectivity index (χ3v) is 3.50. The Kier molecular flexibility index (Phi) is 9.32. The Morgan fingerprint density at radius 1 is 1.28 bits per heavy atom. The highest BCUT2D eigenvalue weighted by Crippen LogP contribution is 2.23. The molecule has 0 aliphatic rings. The van der Waals surface area contributed by atoms with E-state index in [9.17, 15) is 18.0 Å². The lowest BCUT2D eigenvalue weighted by molar-refractivity contribution is -0.143. The van der Waals surface area contributed by atoms with Crippen molar-refractivity contribution in [2.24, 2.45) is 0 Å². The van der Waals surface area contributed by atoms with Crippen LogP contribution in [0.2, 0.25) is 0 Å². The fraction of sp³-hybridized carbons (Fsp3) is 0.917. The van der Waals surface area contributed by atoms with Crippen LogP contribution in [0.15, 0.2) is 0 Å². The molecule has 0 saturated heterocycles. The molecule has 0 aromatic carbocycles. The number of unbranched alkanes of at least 4 members (excludes halogenated alkanes) is 2. The van der Waals surface area contributed by atoms with Gasteiger partial charge in [0.25, 0.3) is 0 Å². The first-order valence-corrected chi connectivity index (χ1v) is 7.24. The number of halogens is 3. The predicted octanol–water partition coefficient (Wildman–Crippen LogP) is 4.18. The summed E-state index contributed by atoms with van der Waals surface area (Å²) in [6, 6.07) is 0. The maximum atomic E-state index is 11.8. The van der Waals surface area contributed by atoms with Crippen molar-refractivity contribution < 1.29 is 22.7 Å². The smallest absolute Gasteiger partial charge is 0.389 e.